The van der Waals surface area contributed by atoms with Gasteiger partial charge in [0.25, 0.3) is 0 Å². The van der Waals surface area contributed by atoms with E-state index >= 15 is 0 Å². The summed E-state index contributed by atoms with van der Waals surface area (Å²) in [5.41, 5.74) is 0.661. The number of nitrogens with zero attached hydrogens (tertiary/aromatic N) is 1. The summed E-state index contributed by atoms with van der Waals surface area (Å²) in [5.74, 6) is 0.104. The van der Waals surface area contributed by atoms with Crippen LogP contribution in [-0.2, 0) is 9.59 Å². The van der Waals surface area contributed by atoms with Crippen LogP contribution in [0.25, 0.3) is 0 Å². The predicted octanol–water partition coefficient (Wildman–Crippen LogP) is 1.63. The molecule has 0 aromatic carbocycles. The molecule has 0 bridgehead atoms. The van der Waals surface area contributed by atoms with Crippen molar-refractivity contribution in [3.05, 3.63) is 18.2 Å². The van der Waals surface area contributed by atoms with Gasteiger partial charge in [0.2, 0.25) is 5.91 Å². The van der Waals surface area contributed by atoms with Gasteiger partial charge in [-0.15, -0.1) is 0 Å². The van der Waals surface area contributed by atoms with Crippen molar-refractivity contribution in [1.82, 2.24) is 15.3 Å². The topological polar surface area (TPSA) is 74.8 Å². The minimum Gasteiger partial charge on any atom is -0.351 e. The summed E-state index contributed by atoms with van der Waals surface area (Å²) in [6, 6.07) is -0.430. The molecule has 1 heterocycles. The Labute approximate surface area is 113 Å². The van der Waals surface area contributed by atoms with Crippen molar-refractivity contribution in [2.24, 2.45) is 11.3 Å². The van der Waals surface area contributed by atoms with Gasteiger partial charge in [0.05, 0.1) is 18.1 Å². The number of carbonyl (C=O) groups excluding carboxylic acids is 2. The highest BCUT2D eigenvalue weighted by molar-refractivity contribution is 5.90. The highest BCUT2D eigenvalue weighted by atomic mass is 16.2. The molecule has 0 saturated heterocycles. The van der Waals surface area contributed by atoms with E-state index in [0.717, 1.165) is 12.1 Å². The lowest BCUT2D eigenvalue weighted by atomic mass is 9.84. The lowest BCUT2D eigenvalue weighted by Crippen LogP contribution is -2.48. The second-order valence-corrected chi connectivity index (χ2v) is 6.36. The minimum atomic E-state index is -0.430. The van der Waals surface area contributed by atoms with Crippen LogP contribution in [0, 0.1) is 11.3 Å². The normalized spacial score (nSPS) is 23.8. The number of imidazole rings is 1. The number of carbonyl (C=O) groups is 2. The Morgan fingerprint density at radius 1 is 1.47 bits per heavy atom. The van der Waals surface area contributed by atoms with E-state index in [1.54, 1.807) is 6.33 Å². The molecule has 1 aromatic rings. The summed E-state index contributed by atoms with van der Waals surface area (Å²) < 4.78 is 0. The molecule has 1 aliphatic rings. The Balaban J connectivity index is 1.97. The van der Waals surface area contributed by atoms with E-state index in [1.807, 2.05) is 27.0 Å². The molecule has 0 spiro atoms. The summed E-state index contributed by atoms with van der Waals surface area (Å²) in [5, 5.41) is 2.88. The molecule has 1 unspecified atom stereocenters. The first-order valence-electron chi connectivity index (χ1n) is 6.60. The van der Waals surface area contributed by atoms with Crippen LogP contribution in [0.4, 0.5) is 0 Å². The first-order valence-corrected chi connectivity index (χ1v) is 6.60. The molecule has 1 fully saturated rings. The average molecular weight is 263 g/mol. The Bertz CT molecular complexity index is 473. The maximum atomic E-state index is 12.2. The summed E-state index contributed by atoms with van der Waals surface area (Å²) in [6.07, 6.45) is 4.26. The fraction of sp³-hybridized carbons (Fsp3) is 0.643. The van der Waals surface area contributed by atoms with Gasteiger partial charge < -0.3 is 10.3 Å². The third kappa shape index (κ3) is 3.03. The second-order valence-electron chi connectivity index (χ2n) is 6.36. The van der Waals surface area contributed by atoms with Gasteiger partial charge in [0.15, 0.2) is 5.78 Å². The van der Waals surface area contributed by atoms with Crippen LogP contribution in [0.2, 0.25) is 0 Å². The minimum absolute atomic E-state index is 0.00202. The first-order chi connectivity index (χ1) is 8.80. The molecular formula is C14H21N3O2. The summed E-state index contributed by atoms with van der Waals surface area (Å²) in [6.45, 7) is 7.39. The molecule has 19 heavy (non-hydrogen) atoms. The average Bonchev–Trinajstić information content (AvgIpc) is 2.90. The Hall–Kier alpha value is -1.65. The van der Waals surface area contributed by atoms with E-state index in [4.69, 9.17) is 0 Å². The maximum Gasteiger partial charge on any atom is 0.224 e. The van der Waals surface area contributed by atoms with E-state index in [2.05, 4.69) is 15.3 Å². The van der Waals surface area contributed by atoms with E-state index in [1.165, 1.54) is 6.92 Å². The van der Waals surface area contributed by atoms with Crippen molar-refractivity contribution in [2.45, 2.75) is 46.1 Å². The van der Waals surface area contributed by atoms with Crippen molar-refractivity contribution in [1.29, 1.82) is 0 Å². The zero-order chi connectivity index (χ0) is 14.2. The van der Waals surface area contributed by atoms with Crippen LogP contribution in [0.3, 0.4) is 0 Å². The van der Waals surface area contributed by atoms with Crippen LogP contribution in [0.5, 0.6) is 0 Å². The summed E-state index contributed by atoms with van der Waals surface area (Å²) >= 11 is 0. The number of nitrogens with one attached hydrogen (secondary N) is 2. The highest BCUT2D eigenvalue weighted by Crippen LogP contribution is 2.46. The molecule has 0 radical (unpaired) electrons. The maximum absolute atomic E-state index is 12.2. The molecule has 1 saturated carbocycles. The molecule has 2 N–H and O–H groups in total. The standard InChI is InChI=1S/C14H21N3O2/c1-8(18)12(14(2,3)4)17-13(19)10-5-9(10)11-6-15-7-16-11/h6-7,9-10,12H,5H2,1-4H3,(H,15,16)(H,17,19)/t9?,10-,12-/m1/s1. The molecule has 1 amide bonds. The second kappa shape index (κ2) is 4.79. The molecule has 1 aliphatic carbocycles. The van der Waals surface area contributed by atoms with Gasteiger partial charge in [-0.25, -0.2) is 4.98 Å². The lowest BCUT2D eigenvalue weighted by Gasteiger charge is -2.29. The number of amides is 1. The number of hydrogen-bond donors (Lipinski definition) is 2. The van der Waals surface area contributed by atoms with Crippen LogP contribution < -0.4 is 5.32 Å². The van der Waals surface area contributed by atoms with E-state index in [9.17, 15) is 9.59 Å². The molecule has 104 valence electrons. The molecule has 0 aliphatic heterocycles. The number of aromatic nitrogens is 2. The van der Waals surface area contributed by atoms with Crippen LogP contribution in [-0.4, -0.2) is 27.7 Å². The Kier molecular flexibility index (Phi) is 3.47. The molecule has 1 aromatic heterocycles. The zero-order valence-electron chi connectivity index (χ0n) is 11.9. The monoisotopic (exact) mass is 263 g/mol. The van der Waals surface area contributed by atoms with Crippen LogP contribution in [0.15, 0.2) is 12.5 Å². The van der Waals surface area contributed by atoms with E-state index < -0.39 is 6.04 Å². The predicted molar refractivity (Wildman–Crippen MR) is 71.5 cm³/mol. The van der Waals surface area contributed by atoms with Crippen LogP contribution in [0.1, 0.15) is 45.7 Å². The molecule has 2 rings (SSSR count). The fourth-order valence-electron chi connectivity index (χ4n) is 2.46. The van der Waals surface area contributed by atoms with Crippen molar-refractivity contribution in [2.75, 3.05) is 0 Å². The lowest BCUT2D eigenvalue weighted by molar-refractivity contribution is -0.130. The molecule has 5 heteroatoms. The zero-order valence-corrected chi connectivity index (χ0v) is 11.9. The van der Waals surface area contributed by atoms with Gasteiger partial charge in [0.1, 0.15) is 0 Å². The first kappa shape index (κ1) is 13.8. The highest BCUT2D eigenvalue weighted by Gasteiger charge is 2.46. The quantitative estimate of drug-likeness (QED) is 0.867. The van der Waals surface area contributed by atoms with Crippen molar-refractivity contribution < 1.29 is 9.59 Å². The number of Topliss-reactive ketones (excluding diaryl/α,β-unsaturated/α-hetero) is 1. The number of ketones is 1. The third-order valence-corrected chi connectivity index (χ3v) is 3.59. The number of H-pyrrole nitrogens is 1. The van der Waals surface area contributed by atoms with Crippen molar-refractivity contribution in [3.63, 3.8) is 0 Å². The Morgan fingerprint density at radius 3 is 2.63 bits per heavy atom. The van der Waals surface area contributed by atoms with Gasteiger partial charge in [-0.2, -0.15) is 0 Å². The van der Waals surface area contributed by atoms with Crippen molar-refractivity contribution >= 4 is 11.7 Å². The molecular weight excluding hydrogens is 242 g/mol. The van der Waals surface area contributed by atoms with Crippen LogP contribution >= 0.6 is 0 Å². The SMILES string of the molecule is CC(=O)[C@@H](NC(=O)[C@@H]1CC1c1c[nH]cn1)C(C)(C)C. The largest absolute Gasteiger partial charge is 0.351 e. The van der Waals surface area contributed by atoms with Gasteiger partial charge >= 0.3 is 0 Å². The Morgan fingerprint density at radius 2 is 2.16 bits per heavy atom. The number of aromatic amines is 1. The fourth-order valence-corrected chi connectivity index (χ4v) is 2.46. The number of rotatable bonds is 4. The van der Waals surface area contributed by atoms with Gasteiger partial charge in [-0.3, -0.25) is 9.59 Å². The van der Waals surface area contributed by atoms with Gasteiger partial charge in [-0.05, 0) is 18.8 Å². The summed E-state index contributed by atoms with van der Waals surface area (Å²) in [7, 11) is 0. The summed E-state index contributed by atoms with van der Waals surface area (Å²) in [4.78, 5) is 30.9. The van der Waals surface area contributed by atoms with Gasteiger partial charge in [-0.1, -0.05) is 20.8 Å². The number of hydrogen-bond acceptors (Lipinski definition) is 3. The van der Waals surface area contributed by atoms with Crippen molar-refractivity contribution in [3.8, 4) is 0 Å². The smallest absolute Gasteiger partial charge is 0.224 e. The van der Waals surface area contributed by atoms with E-state index in [-0.39, 0.29) is 28.9 Å². The van der Waals surface area contributed by atoms with E-state index in [0.29, 0.717) is 0 Å². The third-order valence-electron chi connectivity index (χ3n) is 3.59. The van der Waals surface area contributed by atoms with Gasteiger partial charge in [0, 0.05) is 18.0 Å². The molecule has 3 atom stereocenters. The molecule has 5 nitrogen and oxygen atoms in total.